The highest BCUT2D eigenvalue weighted by molar-refractivity contribution is 5.78. The van der Waals surface area contributed by atoms with Gasteiger partial charge in [-0.1, -0.05) is 19.4 Å². The minimum atomic E-state index is -0.981. The Hall–Kier alpha value is -2.76. The number of nitrogens with zero attached hydrogens (tertiary/aromatic N) is 2. The van der Waals surface area contributed by atoms with E-state index in [9.17, 15) is 19.2 Å². The molecule has 9 nitrogen and oxygen atoms in total. The van der Waals surface area contributed by atoms with E-state index in [-0.39, 0.29) is 0 Å². The van der Waals surface area contributed by atoms with Crippen molar-refractivity contribution in [3.63, 3.8) is 0 Å². The molecule has 130 valence electrons. The Kier molecular flexibility index (Phi) is 26.6. The van der Waals surface area contributed by atoms with Gasteiger partial charge in [0.05, 0.1) is 19.7 Å². The van der Waals surface area contributed by atoms with Crippen molar-refractivity contribution in [2.45, 2.75) is 32.6 Å². The van der Waals surface area contributed by atoms with Crippen LogP contribution in [0, 0.1) is 0 Å². The molecule has 0 rings (SSSR count). The van der Waals surface area contributed by atoms with Gasteiger partial charge < -0.3 is 15.6 Å². The predicted molar refractivity (Wildman–Crippen MR) is 83.5 cm³/mol. The van der Waals surface area contributed by atoms with Crippen molar-refractivity contribution in [1.82, 2.24) is 0 Å². The number of carbonyl (C=O) groups is 2. The molecule has 0 spiro atoms. The van der Waals surface area contributed by atoms with E-state index in [1.165, 1.54) is 12.2 Å². The van der Waals surface area contributed by atoms with Crippen LogP contribution < -0.4 is 5.73 Å². The van der Waals surface area contributed by atoms with Crippen molar-refractivity contribution in [3.05, 3.63) is 12.7 Å². The molecule has 0 saturated carbocycles. The first kappa shape index (κ1) is 25.2. The molecule has 0 aromatic rings. The Morgan fingerprint density at radius 3 is 1.70 bits per heavy atom. The number of rotatable bonds is 9. The van der Waals surface area contributed by atoms with Crippen LogP contribution in [0.25, 0.3) is 0 Å². The normalized spacial score (nSPS) is 7.70. The van der Waals surface area contributed by atoms with Crippen molar-refractivity contribution >= 4 is 24.2 Å². The summed E-state index contributed by atoms with van der Waals surface area (Å²) in [5, 5.41) is 7.60. The van der Waals surface area contributed by atoms with Crippen LogP contribution in [-0.2, 0) is 19.1 Å². The van der Waals surface area contributed by atoms with E-state index in [1.807, 2.05) is 0 Å². The minimum Gasteiger partial charge on any atom is -0.478 e. The van der Waals surface area contributed by atoms with E-state index in [4.69, 9.17) is 5.11 Å². The third kappa shape index (κ3) is 45.3. The third-order valence-electron chi connectivity index (χ3n) is 1.88. The Bertz CT molecular complexity index is 391. The topological polar surface area (TPSA) is 148 Å². The lowest BCUT2D eigenvalue weighted by molar-refractivity contribution is -0.131. The molecule has 0 bridgehead atoms. The first-order valence-electron chi connectivity index (χ1n) is 6.81. The number of amides is 1. The van der Waals surface area contributed by atoms with E-state index in [0.717, 1.165) is 31.8 Å². The van der Waals surface area contributed by atoms with Gasteiger partial charge in [-0.15, -0.1) is 0 Å². The van der Waals surface area contributed by atoms with Gasteiger partial charge in [0.1, 0.15) is 0 Å². The maximum absolute atomic E-state index is 9.63. The van der Waals surface area contributed by atoms with Gasteiger partial charge in [-0.3, -0.25) is 0 Å². The molecule has 0 aliphatic carbocycles. The minimum absolute atomic E-state index is 0.356. The lowest BCUT2D eigenvalue weighted by Crippen LogP contribution is -2.11. The maximum atomic E-state index is 9.63. The average molecular weight is 329 g/mol. The zero-order chi connectivity index (χ0) is 18.3. The molecule has 0 aliphatic heterocycles. The highest BCUT2D eigenvalue weighted by Gasteiger charge is 1.87. The second-order valence-electron chi connectivity index (χ2n) is 3.65. The summed E-state index contributed by atoms with van der Waals surface area (Å²) in [7, 11) is 0. The lowest BCUT2D eigenvalue weighted by atomic mass is 10.2. The van der Waals surface area contributed by atoms with E-state index >= 15 is 0 Å². The van der Waals surface area contributed by atoms with Crippen molar-refractivity contribution in [1.29, 1.82) is 0 Å². The van der Waals surface area contributed by atoms with Crippen LogP contribution in [0.4, 0.5) is 4.79 Å². The van der Waals surface area contributed by atoms with Gasteiger partial charge in [-0.05, 0) is 19.8 Å². The molecule has 3 N–H and O–H groups in total. The van der Waals surface area contributed by atoms with Gasteiger partial charge in [0.25, 0.3) is 0 Å². The molecule has 1 amide bonds. The first-order valence-corrected chi connectivity index (χ1v) is 6.81. The first-order chi connectivity index (χ1) is 11.0. The van der Waals surface area contributed by atoms with E-state index < -0.39 is 12.1 Å². The number of carbonyl (C=O) groups excluding carboxylic acids is 3. The third-order valence-corrected chi connectivity index (χ3v) is 1.88. The lowest BCUT2D eigenvalue weighted by Gasteiger charge is -1.93. The summed E-state index contributed by atoms with van der Waals surface area (Å²) >= 11 is 0. The van der Waals surface area contributed by atoms with Crippen molar-refractivity contribution in [3.8, 4) is 0 Å². The molecule has 0 heterocycles. The molecule has 0 unspecified atom stereocenters. The van der Waals surface area contributed by atoms with Crippen LogP contribution in [0.5, 0.6) is 0 Å². The van der Waals surface area contributed by atoms with Crippen LogP contribution in [0.2, 0.25) is 0 Å². The van der Waals surface area contributed by atoms with Crippen LogP contribution in [0.15, 0.2) is 22.6 Å². The molecule has 9 heteroatoms. The number of primary amides is 1. The van der Waals surface area contributed by atoms with Gasteiger partial charge in [-0.25, -0.2) is 29.2 Å². The van der Waals surface area contributed by atoms with E-state index in [0.29, 0.717) is 19.7 Å². The number of nitrogens with two attached hydrogens (primary N) is 1. The molecule has 0 saturated heterocycles. The quantitative estimate of drug-likeness (QED) is 0.284. The van der Waals surface area contributed by atoms with E-state index in [2.05, 4.69) is 27.0 Å². The smallest absolute Gasteiger partial charge is 0.404 e. The van der Waals surface area contributed by atoms with Crippen molar-refractivity contribution in [2.75, 3.05) is 19.7 Å². The van der Waals surface area contributed by atoms with Crippen molar-refractivity contribution < 1.29 is 29.0 Å². The van der Waals surface area contributed by atoms with Crippen LogP contribution in [0.1, 0.15) is 32.6 Å². The Morgan fingerprint density at radius 1 is 1.13 bits per heavy atom. The molecular weight excluding hydrogens is 306 g/mol. The van der Waals surface area contributed by atoms with Gasteiger partial charge in [0, 0.05) is 6.08 Å². The zero-order valence-electron chi connectivity index (χ0n) is 13.2. The number of isocyanates is 2. The number of unbranched alkanes of at least 4 members (excludes halogenated alkanes) is 3. The highest BCUT2D eigenvalue weighted by Crippen LogP contribution is 1.99. The largest absolute Gasteiger partial charge is 0.478 e. The molecule has 0 aliphatic rings. The Morgan fingerprint density at radius 2 is 1.52 bits per heavy atom. The van der Waals surface area contributed by atoms with Crippen LogP contribution in [0.3, 0.4) is 0 Å². The summed E-state index contributed by atoms with van der Waals surface area (Å²) in [6.45, 7) is 6.13. The van der Waals surface area contributed by atoms with Gasteiger partial charge in [0.15, 0.2) is 0 Å². The monoisotopic (exact) mass is 329 g/mol. The molecular formula is C14H23N3O6. The summed E-state index contributed by atoms with van der Waals surface area (Å²) < 4.78 is 4.18. The average Bonchev–Trinajstić information content (AvgIpc) is 2.51. The number of ether oxygens (including phenoxy) is 1. The van der Waals surface area contributed by atoms with Crippen LogP contribution in [-0.4, -0.2) is 49.0 Å². The summed E-state index contributed by atoms with van der Waals surface area (Å²) in [4.78, 5) is 44.9. The van der Waals surface area contributed by atoms with Gasteiger partial charge >= 0.3 is 12.1 Å². The zero-order valence-corrected chi connectivity index (χ0v) is 13.2. The SMILES string of the molecule is C=CC(=O)O.CCOC(N)=O.O=C=NCCCCCCN=C=O. The fourth-order valence-electron chi connectivity index (χ4n) is 0.969. The van der Waals surface area contributed by atoms with Gasteiger partial charge in [-0.2, -0.15) is 0 Å². The number of hydrogen-bond acceptors (Lipinski definition) is 7. The Balaban J connectivity index is -0.000000303. The predicted octanol–water partition coefficient (Wildman–Crippen LogP) is 1.58. The fourth-order valence-corrected chi connectivity index (χ4v) is 0.969. The molecule has 23 heavy (non-hydrogen) atoms. The molecule has 0 aromatic carbocycles. The number of carboxylic acids is 1. The van der Waals surface area contributed by atoms with Gasteiger partial charge in [0.2, 0.25) is 12.2 Å². The van der Waals surface area contributed by atoms with Crippen LogP contribution >= 0.6 is 0 Å². The molecule has 0 radical (unpaired) electrons. The fraction of sp³-hybridized carbons (Fsp3) is 0.571. The van der Waals surface area contributed by atoms with E-state index in [1.54, 1.807) is 6.92 Å². The Labute approximate surface area is 134 Å². The van der Waals surface area contributed by atoms with Crippen molar-refractivity contribution in [2.24, 2.45) is 15.7 Å². The highest BCUT2D eigenvalue weighted by atomic mass is 16.5. The second-order valence-corrected chi connectivity index (χ2v) is 3.65. The molecule has 0 fully saturated rings. The number of aliphatic imine (C=N–C) groups is 2. The number of carboxylic acid groups (broad SMARTS) is 1. The summed E-state index contributed by atoms with van der Waals surface area (Å²) in [5.41, 5.74) is 4.54. The number of hydrogen-bond donors (Lipinski definition) is 2. The molecule has 0 atom stereocenters. The summed E-state index contributed by atoms with van der Waals surface area (Å²) in [6, 6.07) is 0. The molecule has 0 aromatic heterocycles. The second kappa shape index (κ2) is 24.3. The number of aliphatic carboxylic acids is 1. The standard InChI is InChI=1S/C8H12N2O2.C3H7NO2.C3H4O2/c11-7-9-5-3-1-2-4-6-10-8-12;1-2-6-3(4)5;1-2-3(4)5/h1-6H2;2H2,1H3,(H2,4,5);2H,1H2,(H,4,5). The maximum Gasteiger partial charge on any atom is 0.404 e. The summed E-state index contributed by atoms with van der Waals surface area (Å²) in [6.07, 6.45) is 6.92. The summed E-state index contributed by atoms with van der Waals surface area (Å²) in [5.74, 6) is -0.981.